The number of carboxylic acid groups (broad SMARTS) is 1. The first-order valence-electron chi connectivity index (χ1n) is 4.93. The van der Waals surface area contributed by atoms with E-state index in [9.17, 15) is 9.18 Å². The van der Waals surface area contributed by atoms with Gasteiger partial charge in [-0.2, -0.15) is 5.26 Å². The second kappa shape index (κ2) is 5.19. The van der Waals surface area contributed by atoms with Crippen molar-refractivity contribution in [2.24, 2.45) is 0 Å². The van der Waals surface area contributed by atoms with Crippen molar-refractivity contribution in [1.29, 1.82) is 5.26 Å². The number of nitriles is 1. The Morgan fingerprint density at radius 2 is 2.24 bits per heavy atom. The summed E-state index contributed by atoms with van der Waals surface area (Å²) in [5, 5.41) is 17.6. The van der Waals surface area contributed by atoms with E-state index in [-0.39, 0.29) is 11.3 Å². The highest BCUT2D eigenvalue weighted by atomic mass is 32.2. The average molecular weight is 253 g/mol. The predicted molar refractivity (Wildman–Crippen MR) is 64.1 cm³/mol. The number of hydrogen-bond donors (Lipinski definition) is 1. The molecule has 1 aromatic rings. The molecule has 5 heteroatoms. The van der Waals surface area contributed by atoms with Crippen LogP contribution < -0.4 is 0 Å². The Kier molecular flexibility index (Phi) is 4.13. The van der Waals surface area contributed by atoms with Crippen LogP contribution >= 0.6 is 11.8 Å². The first kappa shape index (κ1) is 13.5. The summed E-state index contributed by atoms with van der Waals surface area (Å²) in [5.74, 6) is -1.29. The monoisotopic (exact) mass is 253 g/mol. The maximum atomic E-state index is 13.7. The summed E-state index contributed by atoms with van der Waals surface area (Å²) in [5.41, 5.74) is 0.333. The molecule has 3 nitrogen and oxygen atoms in total. The van der Waals surface area contributed by atoms with Crippen molar-refractivity contribution in [3.05, 3.63) is 35.1 Å². The quantitative estimate of drug-likeness (QED) is 0.896. The number of carboxylic acids is 1. The molecule has 1 rings (SSSR count). The van der Waals surface area contributed by atoms with Gasteiger partial charge in [0.1, 0.15) is 16.6 Å². The average Bonchev–Trinajstić information content (AvgIpc) is 2.27. The van der Waals surface area contributed by atoms with E-state index in [2.05, 4.69) is 0 Å². The molecule has 0 aliphatic rings. The second-order valence-electron chi connectivity index (χ2n) is 3.99. The molecule has 0 aromatic heterocycles. The normalized spacial score (nSPS) is 10.9. The van der Waals surface area contributed by atoms with Crippen molar-refractivity contribution in [3.63, 3.8) is 0 Å². The molecule has 0 heterocycles. The SMILES string of the molecule is CC(C)(SCc1cccc(C#N)c1F)C(=O)O. The van der Waals surface area contributed by atoms with Gasteiger partial charge in [0.15, 0.2) is 0 Å². The van der Waals surface area contributed by atoms with Crippen LogP contribution in [0.3, 0.4) is 0 Å². The molecule has 1 aromatic carbocycles. The minimum Gasteiger partial charge on any atom is -0.480 e. The van der Waals surface area contributed by atoms with Crippen molar-refractivity contribution in [1.82, 2.24) is 0 Å². The van der Waals surface area contributed by atoms with Gasteiger partial charge in [-0.25, -0.2) is 4.39 Å². The molecule has 0 saturated heterocycles. The van der Waals surface area contributed by atoms with Crippen molar-refractivity contribution < 1.29 is 14.3 Å². The van der Waals surface area contributed by atoms with Crippen LogP contribution in [0.2, 0.25) is 0 Å². The Bertz CT molecular complexity index is 480. The number of thioether (sulfide) groups is 1. The number of nitrogens with zero attached hydrogens (tertiary/aromatic N) is 1. The first-order valence-corrected chi connectivity index (χ1v) is 5.92. The number of hydrogen-bond acceptors (Lipinski definition) is 3. The number of carbonyl (C=O) groups is 1. The van der Waals surface area contributed by atoms with Gasteiger partial charge in [0, 0.05) is 5.75 Å². The topological polar surface area (TPSA) is 61.1 Å². The van der Waals surface area contributed by atoms with Crippen molar-refractivity contribution in [2.45, 2.75) is 24.3 Å². The van der Waals surface area contributed by atoms with Gasteiger partial charge in [-0.1, -0.05) is 12.1 Å². The van der Waals surface area contributed by atoms with Gasteiger partial charge < -0.3 is 5.11 Å². The van der Waals surface area contributed by atoms with Crippen LogP contribution in [0.25, 0.3) is 0 Å². The summed E-state index contributed by atoms with van der Waals surface area (Å²) in [6.45, 7) is 3.12. The molecule has 0 bridgehead atoms. The van der Waals surface area contributed by atoms with E-state index < -0.39 is 16.5 Å². The summed E-state index contributed by atoms with van der Waals surface area (Å²) < 4.78 is 12.7. The Balaban J connectivity index is 2.84. The van der Waals surface area contributed by atoms with Gasteiger partial charge in [-0.3, -0.25) is 4.79 Å². The Morgan fingerprint density at radius 3 is 2.76 bits per heavy atom. The molecule has 0 aliphatic carbocycles. The van der Waals surface area contributed by atoms with Crippen molar-refractivity contribution >= 4 is 17.7 Å². The largest absolute Gasteiger partial charge is 0.480 e. The molecule has 0 radical (unpaired) electrons. The Labute approximate surface area is 103 Å². The van der Waals surface area contributed by atoms with E-state index in [4.69, 9.17) is 10.4 Å². The maximum absolute atomic E-state index is 13.7. The zero-order valence-electron chi connectivity index (χ0n) is 9.53. The molecular weight excluding hydrogens is 241 g/mol. The van der Waals surface area contributed by atoms with Crippen LogP contribution in [0.5, 0.6) is 0 Å². The van der Waals surface area contributed by atoms with E-state index >= 15 is 0 Å². The standard InChI is InChI=1S/C12H12FNO2S/c1-12(2,11(15)16)17-7-9-5-3-4-8(6-14)10(9)13/h3-5H,7H2,1-2H3,(H,15,16). The Morgan fingerprint density at radius 1 is 1.59 bits per heavy atom. The summed E-state index contributed by atoms with van der Waals surface area (Å²) in [4.78, 5) is 10.9. The fourth-order valence-corrected chi connectivity index (χ4v) is 1.96. The third-order valence-corrected chi connectivity index (χ3v) is 3.65. The molecular formula is C12H12FNO2S. The molecule has 0 amide bonds. The molecule has 17 heavy (non-hydrogen) atoms. The number of benzene rings is 1. The molecule has 0 fully saturated rings. The van der Waals surface area contributed by atoms with E-state index in [1.807, 2.05) is 0 Å². The van der Waals surface area contributed by atoms with Crippen LogP contribution in [-0.4, -0.2) is 15.8 Å². The van der Waals surface area contributed by atoms with E-state index in [1.165, 1.54) is 6.07 Å². The molecule has 1 N–H and O–H groups in total. The molecule has 90 valence electrons. The lowest BCUT2D eigenvalue weighted by atomic mass is 10.1. The van der Waals surface area contributed by atoms with E-state index in [0.29, 0.717) is 5.56 Å². The van der Waals surface area contributed by atoms with Gasteiger partial charge in [-0.15, -0.1) is 11.8 Å². The number of halogens is 1. The maximum Gasteiger partial charge on any atom is 0.319 e. The summed E-state index contributed by atoms with van der Waals surface area (Å²) in [7, 11) is 0. The van der Waals surface area contributed by atoms with Gasteiger partial charge in [0.2, 0.25) is 0 Å². The van der Waals surface area contributed by atoms with Gasteiger partial charge >= 0.3 is 5.97 Å². The minimum atomic E-state index is -0.977. The highest BCUT2D eigenvalue weighted by Gasteiger charge is 2.27. The van der Waals surface area contributed by atoms with Crippen LogP contribution in [0, 0.1) is 17.1 Å². The van der Waals surface area contributed by atoms with Gasteiger partial charge in [0.25, 0.3) is 0 Å². The lowest BCUT2D eigenvalue weighted by molar-refractivity contribution is -0.138. The van der Waals surface area contributed by atoms with E-state index in [1.54, 1.807) is 32.0 Å². The summed E-state index contributed by atoms with van der Waals surface area (Å²) in [6, 6.07) is 6.29. The predicted octanol–water partition coefficient (Wildman–Crippen LogP) is 2.79. The smallest absolute Gasteiger partial charge is 0.319 e. The third-order valence-electron chi connectivity index (χ3n) is 2.30. The highest BCUT2D eigenvalue weighted by molar-refractivity contribution is 8.00. The van der Waals surface area contributed by atoms with Crippen LogP contribution in [0.4, 0.5) is 4.39 Å². The number of aliphatic carboxylic acids is 1. The zero-order valence-corrected chi connectivity index (χ0v) is 10.3. The number of rotatable bonds is 4. The lowest BCUT2D eigenvalue weighted by Crippen LogP contribution is -2.27. The first-order chi connectivity index (χ1) is 7.88. The lowest BCUT2D eigenvalue weighted by Gasteiger charge is -2.18. The van der Waals surface area contributed by atoms with Crippen LogP contribution in [0.15, 0.2) is 18.2 Å². The molecule has 0 unspecified atom stereocenters. The fourth-order valence-electron chi connectivity index (χ4n) is 1.10. The van der Waals surface area contributed by atoms with Crippen molar-refractivity contribution in [2.75, 3.05) is 0 Å². The van der Waals surface area contributed by atoms with E-state index in [0.717, 1.165) is 11.8 Å². The Hall–Kier alpha value is -1.54. The highest BCUT2D eigenvalue weighted by Crippen LogP contribution is 2.29. The third kappa shape index (κ3) is 3.21. The zero-order chi connectivity index (χ0) is 13.1. The molecule has 0 aliphatic heterocycles. The fraction of sp³-hybridized carbons (Fsp3) is 0.333. The van der Waals surface area contributed by atoms with Crippen molar-refractivity contribution in [3.8, 4) is 6.07 Å². The summed E-state index contributed by atoms with van der Waals surface area (Å²) >= 11 is 1.12. The molecule has 0 spiro atoms. The van der Waals surface area contributed by atoms with Crippen LogP contribution in [-0.2, 0) is 10.5 Å². The van der Waals surface area contributed by atoms with Crippen LogP contribution in [0.1, 0.15) is 25.0 Å². The summed E-state index contributed by atoms with van der Waals surface area (Å²) in [6.07, 6.45) is 0. The van der Waals surface area contributed by atoms with Gasteiger partial charge in [0.05, 0.1) is 5.56 Å². The second-order valence-corrected chi connectivity index (χ2v) is 5.59. The molecule has 0 atom stereocenters. The minimum absolute atomic E-state index is 0.0174. The van der Waals surface area contributed by atoms with Gasteiger partial charge in [-0.05, 0) is 25.5 Å². The molecule has 0 saturated carbocycles.